The summed E-state index contributed by atoms with van der Waals surface area (Å²) in [6.07, 6.45) is 1.16. The zero-order chi connectivity index (χ0) is 24.0. The number of carbonyl (C=O) groups excluding carboxylic acids is 2. The number of nitrogens with one attached hydrogen (secondary N) is 2. The summed E-state index contributed by atoms with van der Waals surface area (Å²) in [5.74, 6) is -1.63. The van der Waals surface area contributed by atoms with Gasteiger partial charge in [0.05, 0.1) is 20.4 Å². The first-order chi connectivity index (χ1) is 15.8. The third kappa shape index (κ3) is 6.02. The maximum absolute atomic E-state index is 12.2. The highest BCUT2D eigenvalue weighted by Crippen LogP contribution is 2.33. The third-order valence-electron chi connectivity index (χ3n) is 4.41. The van der Waals surface area contributed by atoms with Gasteiger partial charge in [-0.05, 0) is 36.4 Å². The van der Waals surface area contributed by atoms with E-state index in [1.54, 1.807) is 30.3 Å². The van der Waals surface area contributed by atoms with Gasteiger partial charge in [0, 0.05) is 22.7 Å². The van der Waals surface area contributed by atoms with Crippen molar-refractivity contribution in [3.05, 3.63) is 52.5 Å². The standard InChI is InChI=1S/C21H19ClN4O6S/c1-31-14-8-3-11(17(20(29)30)18(14)32-2)10-23-26-21-25-19(28)15(33-21)9-16(27)24-13-6-4-12(22)5-7-13/h3-8,10,15H,9H2,1-2H3,(H,24,27)(H,29,30)(H,25,26,28)/b23-10+. The van der Waals surface area contributed by atoms with Crippen LogP contribution in [0.2, 0.25) is 5.02 Å². The highest BCUT2D eigenvalue weighted by Gasteiger charge is 2.32. The number of halogens is 1. The molecule has 1 unspecified atom stereocenters. The highest BCUT2D eigenvalue weighted by molar-refractivity contribution is 8.15. The van der Waals surface area contributed by atoms with E-state index in [1.807, 2.05) is 0 Å². The number of anilines is 1. The van der Waals surface area contributed by atoms with Crippen LogP contribution < -0.4 is 20.1 Å². The molecule has 2 aromatic carbocycles. The SMILES string of the molecule is COc1ccc(/C=N/N=C2NC(=O)C(CC(=O)Nc3ccc(Cl)cc3)S2)c(C(=O)O)c1OC. The quantitative estimate of drug-likeness (QED) is 0.382. The molecule has 1 saturated heterocycles. The van der Waals surface area contributed by atoms with Gasteiger partial charge in [-0.15, -0.1) is 5.10 Å². The lowest BCUT2D eigenvalue weighted by molar-refractivity contribution is -0.122. The number of hydrogen-bond donors (Lipinski definition) is 3. The topological polar surface area (TPSA) is 139 Å². The van der Waals surface area contributed by atoms with Crippen LogP contribution in [0.25, 0.3) is 0 Å². The zero-order valence-electron chi connectivity index (χ0n) is 17.5. The number of carboxylic acids is 1. The Morgan fingerprint density at radius 2 is 1.94 bits per heavy atom. The number of amides is 2. The van der Waals surface area contributed by atoms with Crippen molar-refractivity contribution < 1.29 is 29.0 Å². The molecule has 1 heterocycles. The van der Waals surface area contributed by atoms with Gasteiger partial charge in [0.1, 0.15) is 10.8 Å². The molecule has 0 spiro atoms. The summed E-state index contributed by atoms with van der Waals surface area (Å²) in [6, 6.07) is 9.64. The molecule has 3 rings (SSSR count). The first-order valence-electron chi connectivity index (χ1n) is 9.44. The number of carboxylic acid groups (broad SMARTS) is 1. The maximum atomic E-state index is 12.2. The molecule has 3 N–H and O–H groups in total. The predicted octanol–water partition coefficient (Wildman–Crippen LogP) is 3.01. The van der Waals surface area contributed by atoms with Crippen molar-refractivity contribution in [1.29, 1.82) is 0 Å². The molecule has 0 aliphatic carbocycles. The summed E-state index contributed by atoms with van der Waals surface area (Å²) in [6.45, 7) is 0. The molecule has 12 heteroatoms. The van der Waals surface area contributed by atoms with Crippen molar-refractivity contribution in [3.63, 3.8) is 0 Å². The number of ether oxygens (including phenoxy) is 2. The molecule has 1 aliphatic rings. The Hall–Kier alpha value is -3.57. The molecular formula is C21H19ClN4O6S. The van der Waals surface area contributed by atoms with Crippen molar-refractivity contribution in [2.24, 2.45) is 10.2 Å². The molecule has 1 fully saturated rings. The van der Waals surface area contributed by atoms with Crippen LogP contribution in [0.4, 0.5) is 5.69 Å². The number of nitrogens with zero attached hydrogens (tertiary/aromatic N) is 2. The molecule has 0 saturated carbocycles. The van der Waals surface area contributed by atoms with Crippen molar-refractivity contribution in [2.75, 3.05) is 19.5 Å². The van der Waals surface area contributed by atoms with Gasteiger partial charge in [-0.25, -0.2) is 4.79 Å². The van der Waals surface area contributed by atoms with Crippen molar-refractivity contribution in [3.8, 4) is 11.5 Å². The molecule has 0 aromatic heterocycles. The van der Waals surface area contributed by atoms with E-state index < -0.39 is 11.2 Å². The lowest BCUT2D eigenvalue weighted by Crippen LogP contribution is -2.28. The van der Waals surface area contributed by atoms with E-state index in [0.717, 1.165) is 11.8 Å². The van der Waals surface area contributed by atoms with Gasteiger partial charge in [-0.2, -0.15) is 5.10 Å². The Morgan fingerprint density at radius 3 is 2.58 bits per heavy atom. The van der Waals surface area contributed by atoms with E-state index in [1.165, 1.54) is 26.5 Å². The minimum Gasteiger partial charge on any atom is -0.493 e. The van der Waals surface area contributed by atoms with Crippen LogP contribution in [0, 0.1) is 0 Å². The second kappa shape index (κ2) is 10.8. The van der Waals surface area contributed by atoms with E-state index in [4.69, 9.17) is 21.1 Å². The first kappa shape index (κ1) is 24.1. The first-order valence-corrected chi connectivity index (χ1v) is 10.7. The molecule has 0 bridgehead atoms. The normalized spacial score (nSPS) is 16.6. The smallest absolute Gasteiger partial charge is 0.340 e. The van der Waals surface area contributed by atoms with Crippen LogP contribution >= 0.6 is 23.4 Å². The average Bonchev–Trinajstić information content (AvgIpc) is 3.13. The third-order valence-corrected chi connectivity index (χ3v) is 5.74. The number of benzene rings is 2. The van der Waals surface area contributed by atoms with Gasteiger partial charge < -0.3 is 25.2 Å². The fourth-order valence-electron chi connectivity index (χ4n) is 2.91. The van der Waals surface area contributed by atoms with Crippen LogP contribution in [-0.2, 0) is 9.59 Å². The largest absolute Gasteiger partial charge is 0.493 e. The molecule has 1 aliphatic heterocycles. The number of rotatable bonds is 8. The van der Waals surface area contributed by atoms with Crippen LogP contribution in [0.15, 0.2) is 46.6 Å². The Bertz CT molecular complexity index is 1140. The van der Waals surface area contributed by atoms with Crippen molar-refractivity contribution in [1.82, 2.24) is 5.32 Å². The minimum atomic E-state index is -1.23. The lowest BCUT2D eigenvalue weighted by Gasteiger charge is -2.11. The van der Waals surface area contributed by atoms with Gasteiger partial charge in [0.25, 0.3) is 0 Å². The van der Waals surface area contributed by atoms with Gasteiger partial charge in [0.15, 0.2) is 16.7 Å². The van der Waals surface area contributed by atoms with Gasteiger partial charge in [0.2, 0.25) is 11.8 Å². The lowest BCUT2D eigenvalue weighted by atomic mass is 10.1. The average molecular weight is 491 g/mol. The molecule has 10 nitrogen and oxygen atoms in total. The highest BCUT2D eigenvalue weighted by atomic mass is 35.5. The monoisotopic (exact) mass is 490 g/mol. The Balaban J connectivity index is 1.67. The summed E-state index contributed by atoms with van der Waals surface area (Å²) in [5.41, 5.74) is 0.661. The zero-order valence-corrected chi connectivity index (χ0v) is 19.1. The molecular weight excluding hydrogens is 472 g/mol. The van der Waals surface area contributed by atoms with Crippen LogP contribution in [0.1, 0.15) is 22.3 Å². The molecule has 0 radical (unpaired) electrons. The van der Waals surface area contributed by atoms with E-state index >= 15 is 0 Å². The number of aromatic carboxylic acids is 1. The number of methoxy groups -OCH3 is 2. The molecule has 1 atom stereocenters. The number of thioether (sulfide) groups is 1. The van der Waals surface area contributed by atoms with E-state index in [9.17, 15) is 19.5 Å². The fourth-order valence-corrected chi connectivity index (χ4v) is 3.96. The summed E-state index contributed by atoms with van der Waals surface area (Å²) >= 11 is 6.87. The number of hydrogen-bond acceptors (Lipinski definition) is 8. The van der Waals surface area contributed by atoms with Crippen LogP contribution in [-0.4, -0.2) is 53.7 Å². The molecule has 2 aromatic rings. The van der Waals surface area contributed by atoms with Gasteiger partial charge in [-0.1, -0.05) is 23.4 Å². The Kier molecular flexibility index (Phi) is 7.91. The number of carbonyl (C=O) groups is 3. The summed E-state index contributed by atoms with van der Waals surface area (Å²) in [5, 5.41) is 22.6. The summed E-state index contributed by atoms with van der Waals surface area (Å²) in [4.78, 5) is 36.1. The maximum Gasteiger partial charge on any atom is 0.340 e. The Morgan fingerprint density at radius 1 is 1.21 bits per heavy atom. The summed E-state index contributed by atoms with van der Waals surface area (Å²) < 4.78 is 10.3. The van der Waals surface area contributed by atoms with Crippen molar-refractivity contribution in [2.45, 2.75) is 11.7 Å². The van der Waals surface area contributed by atoms with Crippen LogP contribution in [0.5, 0.6) is 11.5 Å². The van der Waals surface area contributed by atoms with E-state index in [2.05, 4.69) is 20.8 Å². The van der Waals surface area contributed by atoms with Crippen LogP contribution in [0.3, 0.4) is 0 Å². The van der Waals surface area contributed by atoms with Gasteiger partial charge in [-0.3, -0.25) is 9.59 Å². The Labute approximate surface area is 198 Å². The van der Waals surface area contributed by atoms with Gasteiger partial charge >= 0.3 is 5.97 Å². The molecule has 172 valence electrons. The van der Waals surface area contributed by atoms with E-state index in [-0.39, 0.29) is 46.0 Å². The fraction of sp³-hybridized carbons (Fsp3) is 0.190. The predicted molar refractivity (Wildman–Crippen MR) is 126 cm³/mol. The van der Waals surface area contributed by atoms with Crippen molar-refractivity contribution >= 4 is 58.2 Å². The minimum absolute atomic E-state index is 0.0527. The molecule has 2 amide bonds. The molecule has 33 heavy (non-hydrogen) atoms. The number of amidine groups is 1. The summed E-state index contributed by atoms with van der Waals surface area (Å²) in [7, 11) is 2.73. The second-order valence-corrected chi connectivity index (χ2v) is 8.20. The van der Waals surface area contributed by atoms with E-state index in [0.29, 0.717) is 10.7 Å². The second-order valence-electron chi connectivity index (χ2n) is 6.58.